The van der Waals surface area contributed by atoms with Crippen molar-refractivity contribution in [2.75, 3.05) is 0 Å². The monoisotopic (exact) mass is 216 g/mol. The number of para-hydroxylation sites is 1. The van der Waals surface area contributed by atoms with E-state index in [1.807, 2.05) is 30.3 Å². The van der Waals surface area contributed by atoms with Crippen LogP contribution in [0.25, 0.3) is 5.69 Å². The minimum absolute atomic E-state index is 0.000191. The van der Waals surface area contributed by atoms with E-state index in [0.29, 0.717) is 0 Å². The molecule has 1 aromatic heterocycles. The van der Waals surface area contributed by atoms with Crippen LogP contribution in [0, 0.1) is 0 Å². The molecule has 4 nitrogen and oxygen atoms in total. The Morgan fingerprint density at radius 3 is 2.75 bits per heavy atom. The molecule has 16 heavy (non-hydrogen) atoms. The van der Waals surface area contributed by atoms with E-state index in [9.17, 15) is 0 Å². The summed E-state index contributed by atoms with van der Waals surface area (Å²) in [7, 11) is 0. The van der Waals surface area contributed by atoms with E-state index in [1.165, 1.54) is 0 Å². The van der Waals surface area contributed by atoms with Gasteiger partial charge < -0.3 is 5.73 Å². The maximum Gasteiger partial charge on any atom is 0.0812 e. The van der Waals surface area contributed by atoms with Gasteiger partial charge in [-0.3, -0.25) is 0 Å². The van der Waals surface area contributed by atoms with Crippen LogP contribution in [-0.2, 0) is 0 Å². The quantitative estimate of drug-likeness (QED) is 0.851. The summed E-state index contributed by atoms with van der Waals surface area (Å²) < 4.78 is 1.81. The first-order chi connectivity index (χ1) is 7.83. The lowest BCUT2D eigenvalue weighted by Crippen LogP contribution is -2.15. The van der Waals surface area contributed by atoms with E-state index in [2.05, 4.69) is 17.2 Å². The number of hydrogen-bond acceptors (Lipinski definition) is 3. The van der Waals surface area contributed by atoms with Crippen LogP contribution in [-0.4, -0.2) is 15.0 Å². The van der Waals surface area contributed by atoms with Crippen molar-refractivity contribution in [1.82, 2.24) is 15.0 Å². The highest BCUT2D eigenvalue weighted by Gasteiger charge is 2.12. The van der Waals surface area contributed by atoms with Gasteiger partial charge in [-0.1, -0.05) is 36.8 Å². The van der Waals surface area contributed by atoms with Crippen LogP contribution in [0.4, 0.5) is 0 Å². The fraction of sp³-hybridized carbons (Fsp3) is 0.333. The van der Waals surface area contributed by atoms with Crippen LogP contribution in [0.1, 0.15) is 31.5 Å². The maximum absolute atomic E-state index is 6.09. The van der Waals surface area contributed by atoms with Crippen molar-refractivity contribution in [3.63, 3.8) is 0 Å². The Bertz CT molecular complexity index is 435. The third kappa shape index (κ3) is 2.12. The molecule has 0 saturated carbocycles. The molecule has 0 aliphatic rings. The third-order valence-corrected chi connectivity index (χ3v) is 2.56. The lowest BCUT2D eigenvalue weighted by atomic mass is 10.1. The van der Waals surface area contributed by atoms with Gasteiger partial charge in [0, 0.05) is 6.04 Å². The van der Waals surface area contributed by atoms with Crippen molar-refractivity contribution in [1.29, 1.82) is 0 Å². The summed E-state index contributed by atoms with van der Waals surface area (Å²) in [6, 6.07) is 9.93. The largest absolute Gasteiger partial charge is 0.323 e. The highest BCUT2D eigenvalue weighted by atomic mass is 15.4. The lowest BCUT2D eigenvalue weighted by molar-refractivity contribution is 0.595. The molecular weight excluding hydrogens is 200 g/mol. The molecule has 1 aromatic carbocycles. The molecule has 0 aliphatic heterocycles. The van der Waals surface area contributed by atoms with Gasteiger partial charge in [-0.15, -0.1) is 5.10 Å². The number of rotatable bonds is 4. The highest BCUT2D eigenvalue weighted by molar-refractivity contribution is 5.32. The fourth-order valence-electron chi connectivity index (χ4n) is 1.72. The standard InChI is InChI=1S/C12H16N4/c1-2-6-11(13)12-9-14-15-16(12)10-7-4-3-5-8-10/h3-5,7-9,11H,2,6,13H2,1H3. The van der Waals surface area contributed by atoms with Crippen LogP contribution < -0.4 is 5.73 Å². The van der Waals surface area contributed by atoms with Gasteiger partial charge in [-0.05, 0) is 18.6 Å². The summed E-state index contributed by atoms with van der Waals surface area (Å²) in [5.41, 5.74) is 8.05. The second-order valence-corrected chi connectivity index (χ2v) is 3.80. The Morgan fingerprint density at radius 2 is 2.06 bits per heavy atom. The lowest BCUT2D eigenvalue weighted by Gasteiger charge is -2.11. The zero-order chi connectivity index (χ0) is 11.4. The smallest absolute Gasteiger partial charge is 0.0812 e. The average molecular weight is 216 g/mol. The van der Waals surface area contributed by atoms with Gasteiger partial charge in [0.15, 0.2) is 0 Å². The Labute approximate surface area is 95.1 Å². The number of nitrogens with two attached hydrogens (primary N) is 1. The number of nitrogens with zero attached hydrogens (tertiary/aromatic N) is 3. The molecule has 4 heteroatoms. The summed E-state index contributed by atoms with van der Waals surface area (Å²) >= 11 is 0. The molecule has 0 radical (unpaired) electrons. The first-order valence-electron chi connectivity index (χ1n) is 5.54. The summed E-state index contributed by atoms with van der Waals surface area (Å²) in [6.45, 7) is 2.12. The Morgan fingerprint density at radius 1 is 1.31 bits per heavy atom. The first kappa shape index (κ1) is 10.8. The van der Waals surface area contributed by atoms with E-state index < -0.39 is 0 Å². The fourth-order valence-corrected chi connectivity index (χ4v) is 1.72. The van der Waals surface area contributed by atoms with Gasteiger partial charge in [0.25, 0.3) is 0 Å². The zero-order valence-corrected chi connectivity index (χ0v) is 9.37. The topological polar surface area (TPSA) is 56.7 Å². The van der Waals surface area contributed by atoms with Crippen molar-refractivity contribution in [2.45, 2.75) is 25.8 Å². The van der Waals surface area contributed by atoms with Gasteiger partial charge >= 0.3 is 0 Å². The minimum Gasteiger partial charge on any atom is -0.323 e. The van der Waals surface area contributed by atoms with Gasteiger partial charge in [0.1, 0.15) is 0 Å². The Balaban J connectivity index is 2.33. The second kappa shape index (κ2) is 4.90. The van der Waals surface area contributed by atoms with Gasteiger partial charge in [0.05, 0.1) is 17.6 Å². The number of benzene rings is 1. The van der Waals surface area contributed by atoms with Crippen molar-refractivity contribution < 1.29 is 0 Å². The normalized spacial score (nSPS) is 12.6. The molecule has 0 aliphatic carbocycles. The zero-order valence-electron chi connectivity index (χ0n) is 9.37. The Hall–Kier alpha value is -1.68. The molecular formula is C12H16N4. The average Bonchev–Trinajstić information content (AvgIpc) is 2.79. The molecule has 0 spiro atoms. The van der Waals surface area contributed by atoms with E-state index >= 15 is 0 Å². The van der Waals surface area contributed by atoms with E-state index in [1.54, 1.807) is 10.9 Å². The van der Waals surface area contributed by atoms with Crippen LogP contribution in [0.2, 0.25) is 0 Å². The third-order valence-electron chi connectivity index (χ3n) is 2.56. The predicted molar refractivity (Wildman–Crippen MR) is 63.2 cm³/mol. The minimum atomic E-state index is 0.000191. The Kier molecular flexibility index (Phi) is 3.31. The second-order valence-electron chi connectivity index (χ2n) is 3.80. The summed E-state index contributed by atoms with van der Waals surface area (Å²) in [5.74, 6) is 0. The van der Waals surface area contributed by atoms with Crippen molar-refractivity contribution in [2.24, 2.45) is 5.73 Å². The molecule has 2 aromatic rings. The number of hydrogen-bond donors (Lipinski definition) is 1. The maximum atomic E-state index is 6.09. The molecule has 1 unspecified atom stereocenters. The molecule has 0 bridgehead atoms. The van der Waals surface area contributed by atoms with Crippen LogP contribution in [0.15, 0.2) is 36.5 Å². The SMILES string of the molecule is CCCC(N)c1cnnn1-c1ccccc1. The number of aromatic nitrogens is 3. The van der Waals surface area contributed by atoms with E-state index in [0.717, 1.165) is 24.2 Å². The molecule has 2 N–H and O–H groups in total. The summed E-state index contributed by atoms with van der Waals surface area (Å²) in [5, 5.41) is 8.01. The van der Waals surface area contributed by atoms with Crippen LogP contribution >= 0.6 is 0 Å². The summed E-state index contributed by atoms with van der Waals surface area (Å²) in [4.78, 5) is 0. The molecule has 0 saturated heterocycles. The van der Waals surface area contributed by atoms with Gasteiger partial charge in [0.2, 0.25) is 0 Å². The van der Waals surface area contributed by atoms with Gasteiger partial charge in [-0.25, -0.2) is 4.68 Å². The van der Waals surface area contributed by atoms with Crippen molar-refractivity contribution >= 4 is 0 Å². The first-order valence-corrected chi connectivity index (χ1v) is 5.54. The molecule has 0 amide bonds. The molecule has 84 valence electrons. The van der Waals surface area contributed by atoms with Crippen molar-refractivity contribution in [3.05, 3.63) is 42.2 Å². The highest BCUT2D eigenvalue weighted by Crippen LogP contribution is 2.17. The molecule has 0 fully saturated rings. The molecule has 1 atom stereocenters. The van der Waals surface area contributed by atoms with Crippen LogP contribution in [0.3, 0.4) is 0 Å². The molecule has 2 rings (SSSR count). The van der Waals surface area contributed by atoms with E-state index in [4.69, 9.17) is 5.73 Å². The van der Waals surface area contributed by atoms with E-state index in [-0.39, 0.29) is 6.04 Å². The molecule has 1 heterocycles. The summed E-state index contributed by atoms with van der Waals surface area (Å²) in [6.07, 6.45) is 3.74. The van der Waals surface area contributed by atoms with Crippen molar-refractivity contribution in [3.8, 4) is 5.69 Å². The van der Waals surface area contributed by atoms with Crippen LogP contribution in [0.5, 0.6) is 0 Å². The predicted octanol–water partition coefficient (Wildman–Crippen LogP) is 2.07. The van der Waals surface area contributed by atoms with Gasteiger partial charge in [-0.2, -0.15) is 0 Å².